The Morgan fingerprint density at radius 2 is 1.89 bits per heavy atom. The first kappa shape index (κ1) is 14.6. The van der Waals surface area contributed by atoms with Gasteiger partial charge < -0.3 is 5.11 Å². The van der Waals surface area contributed by atoms with Gasteiger partial charge in [-0.3, -0.25) is 4.74 Å². The van der Waals surface area contributed by atoms with Gasteiger partial charge in [0, 0.05) is 12.3 Å². The van der Waals surface area contributed by atoms with Gasteiger partial charge in [0.05, 0.1) is 6.07 Å². The Labute approximate surface area is 98.8 Å². The molecular formula is C10H8F5NO2. The first-order valence-corrected chi connectivity index (χ1v) is 4.72. The summed E-state index contributed by atoms with van der Waals surface area (Å²) in [6.07, 6.45) is -7.79. The molecule has 0 saturated heterocycles. The number of nitriles is 1. The fourth-order valence-electron chi connectivity index (χ4n) is 1.34. The Kier molecular flexibility index (Phi) is 3.78. The van der Waals surface area contributed by atoms with Crippen molar-refractivity contribution >= 4 is 0 Å². The van der Waals surface area contributed by atoms with Crippen LogP contribution in [0.5, 0.6) is 0 Å². The smallest absolute Gasteiger partial charge is 0.362 e. The highest BCUT2D eigenvalue weighted by molar-refractivity contribution is 5.20. The first-order chi connectivity index (χ1) is 8.12. The average molecular weight is 269 g/mol. The van der Waals surface area contributed by atoms with Crippen molar-refractivity contribution in [2.45, 2.75) is 24.5 Å². The summed E-state index contributed by atoms with van der Waals surface area (Å²) >= 11 is 0. The topological polar surface area (TPSA) is 53.2 Å². The lowest BCUT2D eigenvalue weighted by molar-refractivity contribution is -0.441. The first-order valence-electron chi connectivity index (χ1n) is 4.72. The number of hydrogen-bond acceptors (Lipinski definition) is 3. The summed E-state index contributed by atoms with van der Waals surface area (Å²) in [5.74, 6) is -4.18. The molecule has 0 bridgehead atoms. The highest BCUT2D eigenvalue weighted by Crippen LogP contribution is 2.42. The molecule has 0 saturated carbocycles. The van der Waals surface area contributed by atoms with Crippen LogP contribution in [-0.4, -0.2) is 23.2 Å². The van der Waals surface area contributed by atoms with Gasteiger partial charge in [0.15, 0.2) is 5.79 Å². The van der Waals surface area contributed by atoms with Crippen LogP contribution in [-0.2, 0) is 4.74 Å². The van der Waals surface area contributed by atoms with Crippen LogP contribution in [0.2, 0.25) is 0 Å². The molecule has 0 aromatic heterocycles. The molecule has 8 heteroatoms. The summed E-state index contributed by atoms with van der Waals surface area (Å²) in [4.78, 5) is 0. The zero-order valence-electron chi connectivity index (χ0n) is 8.79. The molecule has 18 heavy (non-hydrogen) atoms. The van der Waals surface area contributed by atoms with Crippen molar-refractivity contribution in [3.05, 3.63) is 24.3 Å². The second kappa shape index (κ2) is 4.66. The Bertz CT molecular complexity index is 409. The van der Waals surface area contributed by atoms with Crippen molar-refractivity contribution < 1.29 is 31.8 Å². The van der Waals surface area contributed by atoms with Gasteiger partial charge in [0.25, 0.3) is 0 Å². The van der Waals surface area contributed by atoms with Crippen LogP contribution in [0, 0.1) is 17.2 Å². The van der Waals surface area contributed by atoms with Crippen LogP contribution in [0.1, 0.15) is 6.42 Å². The fourth-order valence-corrected chi connectivity index (χ4v) is 1.34. The molecule has 1 N–H and O–H groups in total. The number of alkyl halides is 5. The van der Waals surface area contributed by atoms with Crippen molar-refractivity contribution in [3.8, 4) is 6.07 Å². The molecule has 0 spiro atoms. The Balaban J connectivity index is 2.96. The predicted molar refractivity (Wildman–Crippen MR) is 49.0 cm³/mol. The van der Waals surface area contributed by atoms with Crippen LogP contribution in [0.3, 0.4) is 0 Å². The van der Waals surface area contributed by atoms with Gasteiger partial charge >= 0.3 is 12.3 Å². The molecule has 2 atom stereocenters. The highest BCUT2D eigenvalue weighted by atomic mass is 19.4. The number of halogens is 5. The van der Waals surface area contributed by atoms with Crippen molar-refractivity contribution in [2.24, 2.45) is 5.92 Å². The van der Waals surface area contributed by atoms with Gasteiger partial charge in [-0.15, -0.1) is 0 Å². The Hall–Kier alpha value is -1.46. The van der Waals surface area contributed by atoms with E-state index in [1.165, 1.54) is 6.08 Å². The van der Waals surface area contributed by atoms with Crippen molar-refractivity contribution in [2.75, 3.05) is 0 Å². The molecule has 3 nitrogen and oxygen atoms in total. The molecule has 0 aliphatic heterocycles. The normalized spacial score (nSPS) is 28.2. The number of hydrogen-bond donors (Lipinski definition) is 1. The zero-order valence-corrected chi connectivity index (χ0v) is 8.79. The second-order valence-corrected chi connectivity index (χ2v) is 3.58. The summed E-state index contributed by atoms with van der Waals surface area (Å²) in [7, 11) is 0. The summed E-state index contributed by atoms with van der Waals surface area (Å²) in [5, 5.41) is 18.1. The summed E-state index contributed by atoms with van der Waals surface area (Å²) in [5.41, 5.74) is 0. The third-order valence-corrected chi connectivity index (χ3v) is 2.25. The molecule has 1 aliphatic rings. The lowest BCUT2D eigenvalue weighted by atomic mass is 9.91. The van der Waals surface area contributed by atoms with Crippen LogP contribution in [0.4, 0.5) is 22.0 Å². The average Bonchev–Trinajstić information content (AvgIpc) is 2.19. The van der Waals surface area contributed by atoms with E-state index in [0.717, 1.165) is 12.2 Å². The zero-order chi connectivity index (χ0) is 14.0. The maximum absolute atomic E-state index is 12.7. The van der Waals surface area contributed by atoms with Gasteiger partial charge in [-0.2, -0.15) is 27.2 Å². The van der Waals surface area contributed by atoms with Gasteiger partial charge in [0.2, 0.25) is 0 Å². The Morgan fingerprint density at radius 1 is 1.28 bits per heavy atom. The molecule has 0 aromatic rings. The van der Waals surface area contributed by atoms with Gasteiger partial charge in [-0.1, -0.05) is 18.2 Å². The maximum atomic E-state index is 12.7. The molecule has 0 heterocycles. The van der Waals surface area contributed by atoms with Crippen molar-refractivity contribution in [1.29, 1.82) is 5.26 Å². The molecule has 100 valence electrons. The Morgan fingerprint density at radius 3 is 2.39 bits per heavy atom. The van der Waals surface area contributed by atoms with Crippen LogP contribution < -0.4 is 0 Å². The largest absolute Gasteiger partial charge is 0.483 e. The van der Waals surface area contributed by atoms with Gasteiger partial charge in [-0.05, 0) is 6.08 Å². The lowest BCUT2D eigenvalue weighted by Gasteiger charge is -2.35. The predicted octanol–water partition coefficient (Wildman–Crippen LogP) is 2.50. The summed E-state index contributed by atoms with van der Waals surface area (Å²) in [6, 6.07) is 1.57. The van der Waals surface area contributed by atoms with E-state index in [4.69, 9.17) is 5.26 Å². The van der Waals surface area contributed by atoms with Gasteiger partial charge in [-0.25, -0.2) is 0 Å². The molecule has 2 unspecified atom stereocenters. The second-order valence-electron chi connectivity index (χ2n) is 3.58. The van der Waals surface area contributed by atoms with E-state index >= 15 is 0 Å². The highest BCUT2D eigenvalue weighted by Gasteiger charge is 2.63. The fraction of sp³-hybridized carbons (Fsp3) is 0.500. The molecule has 1 aliphatic carbocycles. The SMILES string of the molecule is N#CCC1C=CC=CC1(O)OC(F)(F)C(F)(F)F. The number of nitrogens with zero attached hydrogens (tertiary/aromatic N) is 1. The molecule has 0 fully saturated rings. The van der Waals surface area contributed by atoms with E-state index in [1.807, 2.05) is 0 Å². The van der Waals surface area contributed by atoms with Crippen LogP contribution >= 0.6 is 0 Å². The number of rotatable bonds is 3. The molecule has 0 radical (unpaired) electrons. The van der Waals surface area contributed by atoms with Crippen LogP contribution in [0.15, 0.2) is 24.3 Å². The third-order valence-electron chi connectivity index (χ3n) is 2.25. The number of allylic oxidation sites excluding steroid dienone is 2. The monoisotopic (exact) mass is 269 g/mol. The van der Waals surface area contributed by atoms with Gasteiger partial charge in [0.1, 0.15) is 0 Å². The summed E-state index contributed by atoms with van der Waals surface area (Å²) in [6.45, 7) is 0. The van der Waals surface area contributed by atoms with E-state index in [1.54, 1.807) is 6.07 Å². The molecular weight excluding hydrogens is 261 g/mol. The van der Waals surface area contributed by atoms with E-state index in [9.17, 15) is 27.1 Å². The minimum Gasteiger partial charge on any atom is -0.362 e. The number of aliphatic hydroxyl groups is 1. The van der Waals surface area contributed by atoms with Crippen molar-refractivity contribution in [1.82, 2.24) is 0 Å². The minimum absolute atomic E-state index is 0.467. The van der Waals surface area contributed by atoms with E-state index in [-0.39, 0.29) is 0 Å². The third kappa shape index (κ3) is 2.86. The molecule has 0 aromatic carbocycles. The van der Waals surface area contributed by atoms with E-state index < -0.39 is 30.4 Å². The lowest BCUT2D eigenvalue weighted by Crippen LogP contribution is -2.50. The molecule has 0 amide bonds. The standard InChI is InChI=1S/C10H8F5NO2/c11-9(12,13)10(14,15)18-8(17)5-2-1-3-7(8)4-6-16/h1-3,5,7,17H,4H2. The maximum Gasteiger partial charge on any atom is 0.483 e. The minimum atomic E-state index is -5.95. The quantitative estimate of drug-likeness (QED) is 0.632. The molecule has 1 rings (SSSR count). The number of ether oxygens (including phenoxy) is 1. The van der Waals surface area contributed by atoms with Crippen LogP contribution in [0.25, 0.3) is 0 Å². The van der Waals surface area contributed by atoms with E-state index in [2.05, 4.69) is 4.74 Å². The van der Waals surface area contributed by atoms with E-state index in [0.29, 0.717) is 6.08 Å². The summed E-state index contributed by atoms with van der Waals surface area (Å²) < 4.78 is 64.9. The van der Waals surface area contributed by atoms with Crippen molar-refractivity contribution in [3.63, 3.8) is 0 Å².